The van der Waals surface area contributed by atoms with Crippen LogP contribution in [0.1, 0.15) is 35.7 Å². The SMILES string of the molecule is CCc1cnc(CNC2COCc3ccccc32)o1. The second-order valence-corrected chi connectivity index (χ2v) is 4.72. The van der Waals surface area contributed by atoms with Crippen molar-refractivity contribution in [2.24, 2.45) is 0 Å². The van der Waals surface area contributed by atoms with Crippen LogP contribution in [0, 0.1) is 0 Å². The van der Waals surface area contributed by atoms with Gasteiger partial charge in [0.25, 0.3) is 0 Å². The fourth-order valence-electron chi connectivity index (χ4n) is 2.35. The van der Waals surface area contributed by atoms with Gasteiger partial charge in [0.2, 0.25) is 5.89 Å². The van der Waals surface area contributed by atoms with Crippen molar-refractivity contribution in [1.82, 2.24) is 10.3 Å². The Morgan fingerprint density at radius 1 is 1.37 bits per heavy atom. The van der Waals surface area contributed by atoms with Crippen LogP contribution in [0.25, 0.3) is 0 Å². The summed E-state index contributed by atoms with van der Waals surface area (Å²) in [5.41, 5.74) is 2.57. The predicted molar refractivity (Wildman–Crippen MR) is 71.6 cm³/mol. The molecule has 0 spiro atoms. The number of rotatable bonds is 4. The Bertz CT molecular complexity index is 551. The van der Waals surface area contributed by atoms with Crippen LogP contribution in [0.5, 0.6) is 0 Å². The fraction of sp³-hybridized carbons (Fsp3) is 0.400. The van der Waals surface area contributed by atoms with Crippen LogP contribution in [-0.2, 0) is 24.3 Å². The van der Waals surface area contributed by atoms with Crippen LogP contribution in [0.4, 0.5) is 0 Å². The number of oxazole rings is 1. The minimum atomic E-state index is 0.210. The Hall–Kier alpha value is -1.65. The lowest BCUT2D eigenvalue weighted by atomic mass is 9.99. The highest BCUT2D eigenvalue weighted by Crippen LogP contribution is 2.24. The van der Waals surface area contributed by atoms with E-state index in [0.29, 0.717) is 19.8 Å². The first kappa shape index (κ1) is 12.4. The largest absolute Gasteiger partial charge is 0.444 e. The van der Waals surface area contributed by atoms with E-state index < -0.39 is 0 Å². The number of benzene rings is 1. The summed E-state index contributed by atoms with van der Waals surface area (Å²) in [6.07, 6.45) is 2.67. The van der Waals surface area contributed by atoms with E-state index in [9.17, 15) is 0 Å². The van der Waals surface area contributed by atoms with Crippen molar-refractivity contribution >= 4 is 0 Å². The lowest BCUT2D eigenvalue weighted by Gasteiger charge is -2.26. The molecule has 0 radical (unpaired) electrons. The number of hydrogen-bond acceptors (Lipinski definition) is 4. The highest BCUT2D eigenvalue weighted by molar-refractivity contribution is 5.31. The third-order valence-corrected chi connectivity index (χ3v) is 3.42. The number of aromatic nitrogens is 1. The van der Waals surface area contributed by atoms with E-state index in [0.717, 1.165) is 18.1 Å². The molecule has 100 valence electrons. The van der Waals surface area contributed by atoms with Gasteiger partial charge >= 0.3 is 0 Å². The number of ether oxygens (including phenoxy) is 1. The molecule has 4 heteroatoms. The molecule has 2 heterocycles. The molecule has 1 aliphatic rings. The molecule has 1 aliphatic heterocycles. The van der Waals surface area contributed by atoms with Gasteiger partial charge in [-0.25, -0.2) is 4.98 Å². The summed E-state index contributed by atoms with van der Waals surface area (Å²) in [4.78, 5) is 4.26. The zero-order chi connectivity index (χ0) is 13.1. The topological polar surface area (TPSA) is 47.3 Å². The van der Waals surface area contributed by atoms with Crippen molar-refractivity contribution in [3.05, 3.63) is 53.2 Å². The first-order valence-electron chi connectivity index (χ1n) is 6.69. The molecule has 0 amide bonds. The smallest absolute Gasteiger partial charge is 0.208 e. The molecule has 2 aromatic rings. The van der Waals surface area contributed by atoms with Crippen molar-refractivity contribution in [3.63, 3.8) is 0 Å². The molecule has 4 nitrogen and oxygen atoms in total. The zero-order valence-corrected chi connectivity index (χ0v) is 11.1. The summed E-state index contributed by atoms with van der Waals surface area (Å²) < 4.78 is 11.2. The van der Waals surface area contributed by atoms with E-state index in [4.69, 9.17) is 9.15 Å². The minimum Gasteiger partial charge on any atom is -0.444 e. The number of aryl methyl sites for hydroxylation is 1. The maximum atomic E-state index is 5.61. The Morgan fingerprint density at radius 2 is 2.26 bits per heavy atom. The third kappa shape index (κ3) is 2.69. The first-order valence-corrected chi connectivity index (χ1v) is 6.69. The Labute approximate surface area is 112 Å². The van der Waals surface area contributed by atoms with Crippen LogP contribution in [0.15, 0.2) is 34.9 Å². The van der Waals surface area contributed by atoms with Crippen LogP contribution < -0.4 is 5.32 Å². The molecule has 1 unspecified atom stereocenters. The van der Waals surface area contributed by atoms with Crippen molar-refractivity contribution in [1.29, 1.82) is 0 Å². The average molecular weight is 258 g/mol. The van der Waals surface area contributed by atoms with Gasteiger partial charge in [-0.15, -0.1) is 0 Å². The Morgan fingerprint density at radius 3 is 3.11 bits per heavy atom. The molecular weight excluding hydrogens is 240 g/mol. The van der Waals surface area contributed by atoms with Gasteiger partial charge in [-0.2, -0.15) is 0 Å². The molecule has 0 fully saturated rings. The number of nitrogens with zero attached hydrogens (tertiary/aromatic N) is 1. The lowest BCUT2D eigenvalue weighted by Crippen LogP contribution is -2.29. The van der Waals surface area contributed by atoms with E-state index >= 15 is 0 Å². The molecule has 0 bridgehead atoms. The molecule has 1 N–H and O–H groups in total. The molecule has 0 saturated heterocycles. The van der Waals surface area contributed by atoms with Gasteiger partial charge < -0.3 is 9.15 Å². The summed E-state index contributed by atoms with van der Waals surface area (Å²) in [5.74, 6) is 1.66. The van der Waals surface area contributed by atoms with Crippen molar-refractivity contribution in [2.75, 3.05) is 6.61 Å². The van der Waals surface area contributed by atoms with E-state index in [1.807, 2.05) is 6.07 Å². The van der Waals surface area contributed by atoms with E-state index in [1.165, 1.54) is 11.1 Å². The van der Waals surface area contributed by atoms with Crippen molar-refractivity contribution in [3.8, 4) is 0 Å². The van der Waals surface area contributed by atoms with E-state index in [1.54, 1.807) is 6.20 Å². The fourth-order valence-corrected chi connectivity index (χ4v) is 2.35. The number of fused-ring (bicyclic) bond motifs is 1. The van der Waals surface area contributed by atoms with Gasteiger partial charge in [0, 0.05) is 6.42 Å². The normalized spacial score (nSPS) is 18.3. The highest BCUT2D eigenvalue weighted by Gasteiger charge is 2.20. The predicted octanol–water partition coefficient (Wildman–Crippen LogP) is 2.60. The minimum absolute atomic E-state index is 0.210. The van der Waals surface area contributed by atoms with Crippen LogP contribution in [0.2, 0.25) is 0 Å². The Balaban J connectivity index is 1.68. The molecule has 1 aromatic carbocycles. The molecule has 19 heavy (non-hydrogen) atoms. The monoisotopic (exact) mass is 258 g/mol. The molecule has 0 saturated carbocycles. The van der Waals surface area contributed by atoms with Crippen LogP contribution in [-0.4, -0.2) is 11.6 Å². The van der Waals surface area contributed by atoms with E-state index in [-0.39, 0.29) is 6.04 Å². The van der Waals surface area contributed by atoms with Crippen molar-refractivity contribution in [2.45, 2.75) is 32.5 Å². The van der Waals surface area contributed by atoms with E-state index in [2.05, 4.69) is 35.4 Å². The third-order valence-electron chi connectivity index (χ3n) is 3.42. The zero-order valence-electron chi connectivity index (χ0n) is 11.1. The van der Waals surface area contributed by atoms with Gasteiger partial charge in [-0.05, 0) is 11.1 Å². The molecular formula is C15H18N2O2. The number of nitrogens with one attached hydrogen (secondary N) is 1. The standard InChI is InChI=1S/C15H18N2O2/c1-2-12-7-17-15(19-12)8-16-14-10-18-9-11-5-3-4-6-13(11)14/h3-7,14,16H,2,8-10H2,1H3. The van der Waals surface area contributed by atoms with Gasteiger partial charge in [0.05, 0.1) is 32.0 Å². The van der Waals surface area contributed by atoms with Gasteiger partial charge in [0.15, 0.2) is 0 Å². The quantitative estimate of drug-likeness (QED) is 0.915. The molecule has 3 rings (SSSR count). The summed E-state index contributed by atoms with van der Waals surface area (Å²) in [6.45, 7) is 4.08. The first-order chi connectivity index (χ1) is 9.36. The van der Waals surface area contributed by atoms with Crippen molar-refractivity contribution < 1.29 is 9.15 Å². The maximum Gasteiger partial charge on any atom is 0.208 e. The highest BCUT2D eigenvalue weighted by atomic mass is 16.5. The molecule has 1 atom stereocenters. The summed E-state index contributed by atoms with van der Waals surface area (Å²) in [7, 11) is 0. The second-order valence-electron chi connectivity index (χ2n) is 4.72. The average Bonchev–Trinajstić information content (AvgIpc) is 2.93. The maximum absolute atomic E-state index is 5.61. The van der Waals surface area contributed by atoms with Crippen LogP contribution >= 0.6 is 0 Å². The number of hydrogen-bond donors (Lipinski definition) is 1. The Kier molecular flexibility index (Phi) is 3.62. The van der Waals surface area contributed by atoms with Gasteiger partial charge in [-0.3, -0.25) is 5.32 Å². The van der Waals surface area contributed by atoms with Gasteiger partial charge in [-0.1, -0.05) is 31.2 Å². The summed E-state index contributed by atoms with van der Waals surface area (Å²) >= 11 is 0. The second kappa shape index (κ2) is 5.55. The lowest BCUT2D eigenvalue weighted by molar-refractivity contribution is 0.0809. The molecule has 0 aliphatic carbocycles. The molecule has 1 aromatic heterocycles. The summed E-state index contributed by atoms with van der Waals surface area (Å²) in [6, 6.07) is 8.60. The van der Waals surface area contributed by atoms with Gasteiger partial charge in [0.1, 0.15) is 5.76 Å². The van der Waals surface area contributed by atoms with Crippen LogP contribution in [0.3, 0.4) is 0 Å². The summed E-state index contributed by atoms with van der Waals surface area (Å²) in [5, 5.41) is 3.45.